The molecule has 2 heterocycles. The molecule has 0 fully saturated rings. The summed E-state index contributed by atoms with van der Waals surface area (Å²) in [6.45, 7) is 4.00. The zero-order chi connectivity index (χ0) is 21.0. The smallest absolute Gasteiger partial charge is 0.423 e. The predicted octanol–water partition coefficient (Wildman–Crippen LogP) is 1.27. The number of carbonyl (C=O) groups is 2. The van der Waals surface area contributed by atoms with Crippen LogP contribution in [0, 0.1) is 6.92 Å². The van der Waals surface area contributed by atoms with E-state index in [0.29, 0.717) is 24.2 Å². The number of aryl methyl sites for hydroxylation is 1. The van der Waals surface area contributed by atoms with Gasteiger partial charge in [0.05, 0.1) is 17.6 Å². The molecule has 0 atom stereocenters. The third-order valence-electron chi connectivity index (χ3n) is 4.48. The Morgan fingerprint density at radius 3 is 2.72 bits per heavy atom. The van der Waals surface area contributed by atoms with Gasteiger partial charge in [0.15, 0.2) is 5.82 Å². The number of amides is 1. The van der Waals surface area contributed by atoms with Crippen molar-refractivity contribution in [1.29, 1.82) is 0 Å². The first-order chi connectivity index (χ1) is 13.9. The van der Waals surface area contributed by atoms with Crippen molar-refractivity contribution in [3.8, 4) is 5.82 Å². The Morgan fingerprint density at radius 2 is 2.07 bits per heavy atom. The number of carbonyl (C=O) groups excluding carboxylic acids is 2. The molecule has 2 aromatic heterocycles. The summed E-state index contributed by atoms with van der Waals surface area (Å²) in [5, 5.41) is 25.8. The molecule has 1 aromatic carbocycles. The van der Waals surface area contributed by atoms with E-state index in [0.717, 1.165) is 17.7 Å². The maximum Gasteiger partial charge on any atom is 0.489 e. The fourth-order valence-electron chi connectivity index (χ4n) is 3.04. The normalized spacial score (nSPS) is 10.6. The number of nitrogens with zero attached hydrogens (tertiary/aromatic N) is 3. The Labute approximate surface area is 168 Å². The van der Waals surface area contributed by atoms with E-state index in [2.05, 4.69) is 15.4 Å². The second-order valence-electron chi connectivity index (χ2n) is 6.65. The molecule has 0 saturated heterocycles. The maximum absolute atomic E-state index is 12.7. The van der Waals surface area contributed by atoms with Crippen LogP contribution in [-0.2, 0) is 6.42 Å². The molecule has 0 aliphatic rings. The molecule has 148 valence electrons. The monoisotopic (exact) mass is 392 g/mol. The summed E-state index contributed by atoms with van der Waals surface area (Å²) < 4.78 is 1.70. The first kappa shape index (κ1) is 20.4. The molecule has 0 radical (unpaired) electrons. The summed E-state index contributed by atoms with van der Waals surface area (Å²) in [6, 6.07) is 7.91. The van der Waals surface area contributed by atoms with Crippen molar-refractivity contribution in [2.24, 2.45) is 0 Å². The zero-order valence-electron chi connectivity index (χ0n) is 16.2. The molecule has 29 heavy (non-hydrogen) atoms. The number of nitrogens with one attached hydrogen (secondary N) is 1. The second kappa shape index (κ2) is 8.81. The van der Waals surface area contributed by atoms with Gasteiger partial charge in [-0.1, -0.05) is 19.4 Å². The largest absolute Gasteiger partial charge is 0.489 e. The van der Waals surface area contributed by atoms with Gasteiger partial charge in [0.2, 0.25) is 0 Å². The van der Waals surface area contributed by atoms with Gasteiger partial charge in [0.25, 0.3) is 5.91 Å². The van der Waals surface area contributed by atoms with E-state index in [9.17, 15) is 19.6 Å². The van der Waals surface area contributed by atoms with Crippen LogP contribution in [0.2, 0.25) is 0 Å². The van der Waals surface area contributed by atoms with Gasteiger partial charge < -0.3 is 15.4 Å². The van der Waals surface area contributed by atoms with Crippen LogP contribution in [-0.4, -0.2) is 44.1 Å². The minimum absolute atomic E-state index is 0.0427. The average Bonchev–Trinajstić information content (AvgIpc) is 3.10. The summed E-state index contributed by atoms with van der Waals surface area (Å²) in [7, 11) is -1.79. The Bertz CT molecular complexity index is 1050. The van der Waals surface area contributed by atoms with Crippen LogP contribution >= 0.6 is 0 Å². The Kier molecular flexibility index (Phi) is 6.21. The van der Waals surface area contributed by atoms with Crippen LogP contribution in [0.5, 0.6) is 0 Å². The van der Waals surface area contributed by atoms with Gasteiger partial charge in [-0.05, 0) is 48.6 Å². The van der Waals surface area contributed by atoms with Gasteiger partial charge in [0, 0.05) is 17.3 Å². The van der Waals surface area contributed by atoms with E-state index in [4.69, 9.17) is 0 Å². The Morgan fingerprint density at radius 1 is 1.28 bits per heavy atom. The number of pyridine rings is 1. The Balaban J connectivity index is 1.92. The van der Waals surface area contributed by atoms with Crippen LogP contribution in [0.3, 0.4) is 0 Å². The highest BCUT2D eigenvalue weighted by Crippen LogP contribution is 2.21. The van der Waals surface area contributed by atoms with Gasteiger partial charge in [-0.25, -0.2) is 9.67 Å². The zero-order valence-corrected chi connectivity index (χ0v) is 16.2. The first-order valence-electron chi connectivity index (χ1n) is 9.21. The average molecular weight is 392 g/mol. The molecule has 0 bridgehead atoms. The molecule has 0 saturated carbocycles. The molecule has 1 amide bonds. The molecule has 0 aliphatic heterocycles. The summed E-state index contributed by atoms with van der Waals surface area (Å²) in [4.78, 5) is 28.3. The number of aromatic nitrogens is 3. The molecule has 9 heteroatoms. The van der Waals surface area contributed by atoms with Gasteiger partial charge in [-0.3, -0.25) is 9.59 Å². The lowest BCUT2D eigenvalue weighted by atomic mass is 9.77. The molecular weight excluding hydrogens is 371 g/mol. The van der Waals surface area contributed by atoms with Crippen molar-refractivity contribution < 1.29 is 19.6 Å². The highest BCUT2D eigenvalue weighted by Gasteiger charge is 2.19. The minimum atomic E-state index is -1.79. The number of benzene rings is 1. The van der Waals surface area contributed by atoms with Crippen LogP contribution in [0.25, 0.3) is 5.82 Å². The number of hydrogen-bond acceptors (Lipinski definition) is 6. The van der Waals surface area contributed by atoms with Crippen molar-refractivity contribution >= 4 is 30.5 Å². The molecule has 3 aromatic rings. The standard InChI is InChI=1S/C20H21BN4O4/c1-3-4-18-17(11-23-25(18)19-9-13(2)7-8-22-19)24-20(27)14-5-6-16(21(28)29)15(10-14)12-26/h5-12,28-29H,3-4H2,1-2H3,(H,24,27). The van der Waals surface area contributed by atoms with E-state index in [-0.39, 0.29) is 16.6 Å². The lowest BCUT2D eigenvalue weighted by Crippen LogP contribution is -2.33. The summed E-state index contributed by atoms with van der Waals surface area (Å²) >= 11 is 0. The van der Waals surface area contributed by atoms with Crippen LogP contribution in [0.15, 0.2) is 42.7 Å². The third kappa shape index (κ3) is 4.42. The first-order valence-corrected chi connectivity index (χ1v) is 9.21. The maximum atomic E-state index is 12.7. The number of hydrogen-bond donors (Lipinski definition) is 3. The van der Waals surface area contributed by atoms with Crippen LogP contribution < -0.4 is 10.8 Å². The molecule has 0 spiro atoms. The second-order valence-corrected chi connectivity index (χ2v) is 6.65. The highest BCUT2D eigenvalue weighted by molar-refractivity contribution is 6.60. The van der Waals surface area contributed by atoms with Crippen LogP contribution in [0.4, 0.5) is 5.69 Å². The molecule has 0 unspecified atom stereocenters. The van der Waals surface area contributed by atoms with E-state index in [1.165, 1.54) is 18.2 Å². The summed E-state index contributed by atoms with van der Waals surface area (Å²) in [5.74, 6) is 0.236. The number of aldehydes is 1. The molecule has 3 N–H and O–H groups in total. The molecule has 3 rings (SSSR count). The quantitative estimate of drug-likeness (QED) is 0.412. The third-order valence-corrected chi connectivity index (χ3v) is 4.48. The summed E-state index contributed by atoms with van der Waals surface area (Å²) in [5.41, 5.74) is 2.73. The fraction of sp³-hybridized carbons (Fsp3) is 0.200. The van der Waals surface area contributed by atoms with Gasteiger partial charge >= 0.3 is 7.12 Å². The van der Waals surface area contributed by atoms with Crippen molar-refractivity contribution in [2.75, 3.05) is 5.32 Å². The predicted molar refractivity (Wildman–Crippen MR) is 110 cm³/mol. The molecule has 0 aliphatic carbocycles. The van der Waals surface area contributed by atoms with Gasteiger partial charge in [-0.2, -0.15) is 5.10 Å². The molecule has 8 nitrogen and oxygen atoms in total. The fourth-order valence-corrected chi connectivity index (χ4v) is 3.04. The van der Waals surface area contributed by atoms with E-state index >= 15 is 0 Å². The van der Waals surface area contributed by atoms with Crippen molar-refractivity contribution in [3.63, 3.8) is 0 Å². The highest BCUT2D eigenvalue weighted by atomic mass is 16.4. The summed E-state index contributed by atoms with van der Waals surface area (Å²) in [6.07, 6.45) is 5.28. The topological polar surface area (TPSA) is 117 Å². The van der Waals surface area contributed by atoms with E-state index in [1.54, 1.807) is 17.1 Å². The SMILES string of the molecule is CCCc1c(NC(=O)c2ccc(B(O)O)c(C=O)c2)cnn1-c1cc(C)ccn1. The number of anilines is 1. The minimum Gasteiger partial charge on any atom is -0.423 e. The van der Waals surface area contributed by atoms with Gasteiger partial charge in [-0.15, -0.1) is 0 Å². The van der Waals surface area contributed by atoms with Crippen molar-refractivity contribution in [3.05, 3.63) is 65.1 Å². The molecular formula is C20H21BN4O4. The van der Waals surface area contributed by atoms with Crippen molar-refractivity contribution in [1.82, 2.24) is 14.8 Å². The number of rotatable bonds is 7. The van der Waals surface area contributed by atoms with Crippen LogP contribution in [0.1, 0.15) is 45.3 Å². The van der Waals surface area contributed by atoms with E-state index in [1.807, 2.05) is 26.0 Å². The van der Waals surface area contributed by atoms with Gasteiger partial charge in [0.1, 0.15) is 6.29 Å². The lowest BCUT2D eigenvalue weighted by molar-refractivity contribution is 0.102. The van der Waals surface area contributed by atoms with E-state index < -0.39 is 13.0 Å². The van der Waals surface area contributed by atoms with Crippen molar-refractivity contribution in [2.45, 2.75) is 26.7 Å². The Hall–Kier alpha value is -3.30. The lowest BCUT2D eigenvalue weighted by Gasteiger charge is -2.11.